The van der Waals surface area contributed by atoms with Crippen molar-refractivity contribution in [2.45, 2.75) is 39.2 Å². The summed E-state index contributed by atoms with van der Waals surface area (Å²) in [6.45, 7) is 6.33. The molecule has 7 heteroatoms. The molecule has 118 valence electrons. The van der Waals surface area contributed by atoms with Crippen LogP contribution < -0.4 is 5.32 Å². The molecule has 0 aliphatic rings. The Balaban J connectivity index is 2.50. The maximum Gasteiger partial charge on any atom is 0.317 e. The van der Waals surface area contributed by atoms with Crippen LogP contribution in [0.4, 0.5) is 4.79 Å². The molecular weight excluding hydrogens is 312 g/mol. The Morgan fingerprint density at radius 1 is 1.38 bits per heavy atom. The van der Waals surface area contributed by atoms with Crippen LogP contribution in [-0.2, 0) is 11.2 Å². The zero-order valence-corrected chi connectivity index (χ0v) is 14.1. The van der Waals surface area contributed by atoms with E-state index in [0.717, 1.165) is 9.21 Å². The van der Waals surface area contributed by atoms with E-state index < -0.39 is 11.5 Å². The quantitative estimate of drug-likeness (QED) is 0.840. The number of carbonyl (C=O) groups is 2. The summed E-state index contributed by atoms with van der Waals surface area (Å²) >= 11 is 7.34. The second kappa shape index (κ2) is 7.66. The van der Waals surface area contributed by atoms with E-state index in [1.165, 1.54) is 11.3 Å². The van der Waals surface area contributed by atoms with Crippen molar-refractivity contribution < 1.29 is 14.7 Å². The molecule has 21 heavy (non-hydrogen) atoms. The summed E-state index contributed by atoms with van der Waals surface area (Å²) in [4.78, 5) is 25.5. The number of thiophene rings is 1. The maximum atomic E-state index is 12.2. The normalized spacial score (nSPS) is 11.2. The van der Waals surface area contributed by atoms with Gasteiger partial charge in [-0.25, -0.2) is 4.79 Å². The maximum absolute atomic E-state index is 12.2. The van der Waals surface area contributed by atoms with Crippen molar-refractivity contribution in [3.05, 3.63) is 21.3 Å². The summed E-state index contributed by atoms with van der Waals surface area (Å²) in [6, 6.07) is 3.52. The number of carboxylic acid groups (broad SMARTS) is 1. The minimum Gasteiger partial charge on any atom is -0.481 e. The fourth-order valence-electron chi connectivity index (χ4n) is 1.82. The molecule has 0 aliphatic heterocycles. The van der Waals surface area contributed by atoms with Crippen molar-refractivity contribution in [2.24, 2.45) is 0 Å². The highest BCUT2D eigenvalue weighted by Crippen LogP contribution is 2.21. The monoisotopic (exact) mass is 332 g/mol. The topological polar surface area (TPSA) is 69.6 Å². The van der Waals surface area contributed by atoms with Gasteiger partial charge in [0.05, 0.1) is 10.8 Å². The number of hydrogen-bond acceptors (Lipinski definition) is 3. The first-order valence-corrected chi connectivity index (χ1v) is 7.91. The van der Waals surface area contributed by atoms with Crippen molar-refractivity contribution in [3.63, 3.8) is 0 Å². The minimum absolute atomic E-state index is 0.0643. The molecule has 0 aliphatic carbocycles. The van der Waals surface area contributed by atoms with Crippen molar-refractivity contribution in [2.75, 3.05) is 13.1 Å². The molecule has 0 fully saturated rings. The Morgan fingerprint density at radius 3 is 2.52 bits per heavy atom. The van der Waals surface area contributed by atoms with E-state index in [0.29, 0.717) is 13.0 Å². The van der Waals surface area contributed by atoms with Gasteiger partial charge in [-0.05, 0) is 39.3 Å². The zero-order valence-electron chi connectivity index (χ0n) is 12.5. The fourth-order valence-corrected chi connectivity index (χ4v) is 2.91. The Morgan fingerprint density at radius 2 is 2.05 bits per heavy atom. The molecule has 5 nitrogen and oxygen atoms in total. The highest BCUT2D eigenvalue weighted by molar-refractivity contribution is 7.16. The van der Waals surface area contributed by atoms with Crippen LogP contribution in [0.15, 0.2) is 12.1 Å². The van der Waals surface area contributed by atoms with E-state index >= 15 is 0 Å². The molecule has 1 aromatic heterocycles. The molecule has 0 bridgehead atoms. The minimum atomic E-state index is -0.912. The van der Waals surface area contributed by atoms with Gasteiger partial charge in [-0.1, -0.05) is 11.6 Å². The van der Waals surface area contributed by atoms with E-state index in [1.807, 2.05) is 32.9 Å². The van der Waals surface area contributed by atoms with Gasteiger partial charge >= 0.3 is 12.0 Å². The largest absolute Gasteiger partial charge is 0.481 e. The number of carbonyl (C=O) groups excluding carboxylic acids is 1. The fraction of sp³-hybridized carbons (Fsp3) is 0.571. The van der Waals surface area contributed by atoms with Crippen molar-refractivity contribution in [3.8, 4) is 0 Å². The molecule has 0 atom stereocenters. The molecule has 0 saturated heterocycles. The molecule has 0 aromatic carbocycles. The lowest BCUT2D eigenvalue weighted by Crippen LogP contribution is -2.51. The van der Waals surface area contributed by atoms with E-state index in [4.69, 9.17) is 16.7 Å². The predicted molar refractivity (Wildman–Crippen MR) is 85.1 cm³/mol. The SMILES string of the molecule is CC(C)(C)N(CCC(=O)O)C(=O)NCCc1ccc(Cl)s1. The van der Waals surface area contributed by atoms with Crippen LogP contribution in [-0.4, -0.2) is 40.6 Å². The van der Waals surface area contributed by atoms with Gasteiger partial charge in [-0.15, -0.1) is 11.3 Å². The lowest BCUT2D eigenvalue weighted by atomic mass is 10.1. The third-order valence-electron chi connectivity index (χ3n) is 2.88. The standard InChI is InChI=1S/C14H21ClN2O3S/c1-14(2,3)17(9-7-12(18)19)13(20)16-8-6-10-4-5-11(15)21-10/h4-5H,6-9H2,1-3H3,(H,16,20)(H,18,19). The molecule has 0 radical (unpaired) electrons. The van der Waals surface area contributed by atoms with E-state index in [2.05, 4.69) is 5.32 Å². The summed E-state index contributed by atoms with van der Waals surface area (Å²) in [5.41, 5.74) is -0.425. The van der Waals surface area contributed by atoms with Crippen LogP contribution in [0.2, 0.25) is 4.34 Å². The van der Waals surface area contributed by atoms with Gasteiger partial charge in [0.1, 0.15) is 0 Å². The van der Waals surface area contributed by atoms with Crippen LogP contribution in [0, 0.1) is 0 Å². The van der Waals surface area contributed by atoms with Gasteiger partial charge in [-0.3, -0.25) is 4.79 Å². The lowest BCUT2D eigenvalue weighted by Gasteiger charge is -2.35. The number of nitrogens with zero attached hydrogens (tertiary/aromatic N) is 1. The van der Waals surface area contributed by atoms with Gasteiger partial charge in [0.2, 0.25) is 0 Å². The molecule has 0 saturated carbocycles. The van der Waals surface area contributed by atoms with Gasteiger partial charge in [-0.2, -0.15) is 0 Å². The number of aliphatic carboxylic acids is 1. The first-order chi connectivity index (χ1) is 9.70. The number of carboxylic acids is 1. The Bertz CT molecular complexity index is 497. The van der Waals surface area contributed by atoms with Gasteiger partial charge in [0.15, 0.2) is 0 Å². The van der Waals surface area contributed by atoms with Crippen LogP contribution in [0.5, 0.6) is 0 Å². The number of hydrogen-bond donors (Lipinski definition) is 2. The molecule has 1 rings (SSSR count). The van der Waals surface area contributed by atoms with E-state index in [-0.39, 0.29) is 19.0 Å². The highest BCUT2D eigenvalue weighted by Gasteiger charge is 2.26. The van der Waals surface area contributed by atoms with Crippen LogP contribution in [0.25, 0.3) is 0 Å². The van der Waals surface area contributed by atoms with Gasteiger partial charge in [0, 0.05) is 23.5 Å². The average Bonchev–Trinajstić information content (AvgIpc) is 2.73. The number of amides is 2. The average molecular weight is 333 g/mol. The first-order valence-electron chi connectivity index (χ1n) is 6.71. The lowest BCUT2D eigenvalue weighted by molar-refractivity contribution is -0.137. The number of urea groups is 1. The second-order valence-corrected chi connectivity index (χ2v) is 7.45. The molecule has 0 unspecified atom stereocenters. The molecule has 0 spiro atoms. The van der Waals surface area contributed by atoms with Crippen molar-refractivity contribution in [1.29, 1.82) is 0 Å². The van der Waals surface area contributed by atoms with Crippen LogP contribution in [0.3, 0.4) is 0 Å². The number of halogens is 1. The third-order valence-corrected chi connectivity index (χ3v) is 4.17. The van der Waals surface area contributed by atoms with Crippen LogP contribution >= 0.6 is 22.9 Å². The summed E-state index contributed by atoms with van der Waals surface area (Å²) in [6.07, 6.45) is 0.644. The smallest absolute Gasteiger partial charge is 0.317 e. The predicted octanol–water partition coefficient (Wildman–Crippen LogP) is 3.23. The Hall–Kier alpha value is -1.27. The van der Waals surface area contributed by atoms with E-state index in [1.54, 1.807) is 4.90 Å². The third kappa shape index (κ3) is 6.35. The highest BCUT2D eigenvalue weighted by atomic mass is 35.5. The molecule has 2 N–H and O–H groups in total. The zero-order chi connectivity index (χ0) is 16.0. The number of rotatable bonds is 6. The second-order valence-electron chi connectivity index (χ2n) is 5.65. The van der Waals surface area contributed by atoms with E-state index in [9.17, 15) is 9.59 Å². The Kier molecular flexibility index (Phi) is 6.48. The van der Waals surface area contributed by atoms with Gasteiger partial charge < -0.3 is 15.3 Å². The van der Waals surface area contributed by atoms with Gasteiger partial charge in [0.25, 0.3) is 0 Å². The number of nitrogens with one attached hydrogen (secondary N) is 1. The van der Waals surface area contributed by atoms with Crippen molar-refractivity contribution >= 4 is 34.9 Å². The first kappa shape index (κ1) is 17.8. The Labute approximate surface area is 133 Å². The molecule has 2 amide bonds. The summed E-state index contributed by atoms with van der Waals surface area (Å²) in [7, 11) is 0. The summed E-state index contributed by atoms with van der Waals surface area (Å²) < 4.78 is 0.731. The summed E-state index contributed by atoms with van der Waals surface area (Å²) in [5.74, 6) is -0.912. The van der Waals surface area contributed by atoms with Crippen molar-refractivity contribution in [1.82, 2.24) is 10.2 Å². The summed E-state index contributed by atoms with van der Waals surface area (Å²) in [5, 5.41) is 11.6. The molecule has 1 heterocycles. The molecular formula is C14H21ClN2O3S. The van der Waals surface area contributed by atoms with Crippen LogP contribution in [0.1, 0.15) is 32.1 Å². The molecule has 1 aromatic rings.